The van der Waals surface area contributed by atoms with Gasteiger partial charge in [0.05, 0.1) is 24.5 Å². The van der Waals surface area contributed by atoms with Gasteiger partial charge in [-0.25, -0.2) is 13.5 Å². The normalized spacial score (nSPS) is 11.3. The van der Waals surface area contributed by atoms with Crippen LogP contribution >= 0.6 is 0 Å². The predicted molar refractivity (Wildman–Crippen MR) is 80.9 cm³/mol. The molecule has 0 atom stereocenters. The van der Waals surface area contributed by atoms with Gasteiger partial charge in [-0.15, -0.1) is 5.10 Å². The zero-order valence-electron chi connectivity index (χ0n) is 13.7. The van der Waals surface area contributed by atoms with Crippen LogP contribution < -0.4 is 5.32 Å². The summed E-state index contributed by atoms with van der Waals surface area (Å²) in [7, 11) is 0. The minimum atomic E-state index is -2.83. The molecule has 0 fully saturated rings. The van der Waals surface area contributed by atoms with Crippen molar-refractivity contribution < 1.29 is 23.5 Å². The molecule has 11 heteroatoms. The minimum Gasteiger partial charge on any atom is -0.480 e. The van der Waals surface area contributed by atoms with Crippen LogP contribution in [0.1, 0.15) is 42.0 Å². The summed E-state index contributed by atoms with van der Waals surface area (Å²) >= 11 is 0. The van der Waals surface area contributed by atoms with Gasteiger partial charge in [-0.1, -0.05) is 19.1 Å². The van der Waals surface area contributed by atoms with Gasteiger partial charge in [0.25, 0.3) is 12.3 Å². The highest BCUT2D eigenvalue weighted by atomic mass is 19.3. The molecule has 2 aromatic heterocycles. The number of nitrogens with one attached hydrogen (secondary N) is 1. The Morgan fingerprint density at radius 2 is 2.08 bits per heavy atom. The molecular weight excluding hydrogens is 338 g/mol. The van der Waals surface area contributed by atoms with Crippen LogP contribution in [0.15, 0.2) is 12.4 Å². The van der Waals surface area contributed by atoms with E-state index in [9.17, 15) is 18.4 Å². The number of halogens is 2. The maximum Gasteiger partial charge on any atom is 0.325 e. The topological polar surface area (TPSA) is 115 Å². The van der Waals surface area contributed by atoms with E-state index in [0.29, 0.717) is 5.69 Å². The monoisotopic (exact) mass is 356 g/mol. The van der Waals surface area contributed by atoms with Gasteiger partial charge in [0.2, 0.25) is 0 Å². The molecule has 2 heterocycles. The number of carboxylic acid groups (broad SMARTS) is 1. The number of alkyl halides is 2. The van der Waals surface area contributed by atoms with Crippen LogP contribution in [0.3, 0.4) is 0 Å². The number of carbonyl (C=O) groups excluding carboxylic acids is 1. The zero-order valence-corrected chi connectivity index (χ0v) is 13.7. The maximum atomic E-state index is 13.3. The number of carbonyl (C=O) groups is 2. The standard InChI is InChI=1S/C14H18F2N6O3/c1-8(2)5-22-12(13(15)16)10(4-18-22)14(25)17-3-9-6-21(20-19-9)7-11(23)24/h4,6,8,13H,3,5,7H2,1-2H3,(H,17,25)(H,23,24). The summed E-state index contributed by atoms with van der Waals surface area (Å²) in [6.45, 7) is 3.56. The Morgan fingerprint density at radius 3 is 2.68 bits per heavy atom. The van der Waals surface area contributed by atoms with E-state index in [2.05, 4.69) is 20.7 Å². The van der Waals surface area contributed by atoms with E-state index in [1.165, 1.54) is 6.20 Å². The average molecular weight is 356 g/mol. The molecule has 0 aliphatic rings. The largest absolute Gasteiger partial charge is 0.480 e. The lowest BCUT2D eigenvalue weighted by Gasteiger charge is -2.10. The highest BCUT2D eigenvalue weighted by molar-refractivity contribution is 5.95. The fourth-order valence-electron chi connectivity index (χ4n) is 2.19. The van der Waals surface area contributed by atoms with Gasteiger partial charge in [-0.05, 0) is 5.92 Å². The lowest BCUT2D eigenvalue weighted by molar-refractivity contribution is -0.137. The van der Waals surface area contributed by atoms with Crippen LogP contribution in [0, 0.1) is 5.92 Å². The zero-order chi connectivity index (χ0) is 18.6. The Balaban J connectivity index is 2.06. The van der Waals surface area contributed by atoms with Gasteiger partial charge in [0.1, 0.15) is 17.9 Å². The van der Waals surface area contributed by atoms with Crippen LogP contribution in [0.4, 0.5) is 8.78 Å². The highest BCUT2D eigenvalue weighted by Gasteiger charge is 2.24. The number of hydrogen-bond donors (Lipinski definition) is 2. The summed E-state index contributed by atoms with van der Waals surface area (Å²) in [4.78, 5) is 22.8. The Hall–Kier alpha value is -2.85. The summed E-state index contributed by atoms with van der Waals surface area (Å²) in [5.41, 5.74) is -0.322. The number of rotatable bonds is 8. The van der Waals surface area contributed by atoms with Crippen LogP contribution in [0.5, 0.6) is 0 Å². The molecule has 0 bridgehead atoms. The lowest BCUT2D eigenvalue weighted by atomic mass is 10.2. The van der Waals surface area contributed by atoms with E-state index in [-0.39, 0.29) is 31.1 Å². The van der Waals surface area contributed by atoms with Crippen molar-refractivity contribution in [1.29, 1.82) is 0 Å². The van der Waals surface area contributed by atoms with Crippen molar-refractivity contribution in [1.82, 2.24) is 30.1 Å². The van der Waals surface area contributed by atoms with Crippen LogP contribution in [-0.2, 0) is 24.4 Å². The molecule has 1 amide bonds. The van der Waals surface area contributed by atoms with Crippen LogP contribution in [-0.4, -0.2) is 41.8 Å². The minimum absolute atomic E-state index is 0.0729. The van der Waals surface area contributed by atoms with Crippen molar-refractivity contribution in [3.8, 4) is 0 Å². The first-order valence-corrected chi connectivity index (χ1v) is 7.50. The molecule has 2 N–H and O–H groups in total. The van der Waals surface area contributed by atoms with E-state index in [1.54, 1.807) is 0 Å². The number of carboxylic acids is 1. The number of amides is 1. The van der Waals surface area contributed by atoms with Gasteiger partial charge in [-0.2, -0.15) is 5.10 Å². The first-order valence-electron chi connectivity index (χ1n) is 7.50. The molecule has 136 valence electrons. The highest BCUT2D eigenvalue weighted by Crippen LogP contribution is 2.23. The van der Waals surface area contributed by atoms with E-state index < -0.39 is 24.0 Å². The Bertz CT molecular complexity index is 756. The summed E-state index contributed by atoms with van der Waals surface area (Å²) < 4.78 is 28.8. The molecule has 0 saturated heterocycles. The summed E-state index contributed by atoms with van der Waals surface area (Å²) in [6.07, 6.45) is -0.371. The van der Waals surface area contributed by atoms with Gasteiger partial charge in [0.15, 0.2) is 0 Å². The summed E-state index contributed by atoms with van der Waals surface area (Å²) in [6, 6.07) is 0. The van der Waals surface area contributed by atoms with Crippen molar-refractivity contribution in [2.75, 3.05) is 0 Å². The molecule has 0 aromatic carbocycles. The van der Waals surface area contributed by atoms with Crippen molar-refractivity contribution >= 4 is 11.9 Å². The fraction of sp³-hybridized carbons (Fsp3) is 0.500. The molecule has 25 heavy (non-hydrogen) atoms. The number of aromatic nitrogens is 5. The van der Waals surface area contributed by atoms with E-state index in [0.717, 1.165) is 15.6 Å². The van der Waals surface area contributed by atoms with Gasteiger partial charge in [0, 0.05) is 6.54 Å². The number of hydrogen-bond acceptors (Lipinski definition) is 5. The van der Waals surface area contributed by atoms with E-state index in [1.807, 2.05) is 13.8 Å². The van der Waals surface area contributed by atoms with Crippen LogP contribution in [0.25, 0.3) is 0 Å². The molecule has 0 radical (unpaired) electrons. The second-order valence-electron chi connectivity index (χ2n) is 5.80. The second kappa shape index (κ2) is 7.81. The Morgan fingerprint density at radius 1 is 1.36 bits per heavy atom. The molecular formula is C14H18F2N6O3. The quantitative estimate of drug-likeness (QED) is 0.731. The molecule has 9 nitrogen and oxygen atoms in total. The number of aliphatic carboxylic acids is 1. The van der Waals surface area contributed by atoms with Crippen molar-refractivity contribution in [3.05, 3.63) is 29.3 Å². The molecule has 0 aliphatic heterocycles. The first kappa shape index (κ1) is 18.5. The van der Waals surface area contributed by atoms with E-state index in [4.69, 9.17) is 5.11 Å². The third-order valence-corrected chi connectivity index (χ3v) is 3.18. The lowest BCUT2D eigenvalue weighted by Crippen LogP contribution is -2.24. The summed E-state index contributed by atoms with van der Waals surface area (Å²) in [5.74, 6) is -1.70. The third-order valence-electron chi connectivity index (χ3n) is 3.18. The van der Waals surface area contributed by atoms with Crippen molar-refractivity contribution in [2.24, 2.45) is 5.92 Å². The smallest absolute Gasteiger partial charge is 0.325 e. The first-order chi connectivity index (χ1) is 11.8. The van der Waals surface area contributed by atoms with Gasteiger partial charge >= 0.3 is 5.97 Å². The van der Waals surface area contributed by atoms with Crippen LogP contribution in [0.2, 0.25) is 0 Å². The molecule has 0 aliphatic carbocycles. The van der Waals surface area contributed by atoms with Gasteiger partial charge < -0.3 is 10.4 Å². The fourth-order valence-corrected chi connectivity index (χ4v) is 2.19. The molecule has 0 saturated carbocycles. The third kappa shape index (κ3) is 4.81. The molecule has 0 unspecified atom stereocenters. The Kier molecular flexibility index (Phi) is 5.78. The molecule has 0 spiro atoms. The molecule has 2 aromatic rings. The van der Waals surface area contributed by atoms with E-state index >= 15 is 0 Å². The average Bonchev–Trinajstić information content (AvgIpc) is 3.10. The summed E-state index contributed by atoms with van der Waals surface area (Å²) in [5, 5.41) is 22.3. The predicted octanol–water partition coefficient (Wildman–Crippen LogP) is 1.08. The second-order valence-corrected chi connectivity index (χ2v) is 5.80. The maximum absolute atomic E-state index is 13.3. The number of nitrogens with zero attached hydrogens (tertiary/aromatic N) is 5. The molecule has 2 rings (SSSR count). The van der Waals surface area contributed by atoms with Gasteiger partial charge in [-0.3, -0.25) is 14.3 Å². The SMILES string of the molecule is CC(C)Cn1ncc(C(=O)NCc2cn(CC(=O)O)nn2)c1C(F)F. The van der Waals surface area contributed by atoms with Crippen molar-refractivity contribution in [2.45, 2.75) is 39.9 Å². The Labute approximate surface area is 141 Å². The van der Waals surface area contributed by atoms with Crippen molar-refractivity contribution in [3.63, 3.8) is 0 Å².